The normalized spacial score (nSPS) is 14.4. The number of esters is 1. The molecule has 0 N–H and O–H groups in total. The van der Waals surface area contributed by atoms with Crippen molar-refractivity contribution in [2.24, 2.45) is 4.99 Å². The summed E-state index contributed by atoms with van der Waals surface area (Å²) < 4.78 is 22.8. The molecule has 6 rings (SSSR count). The van der Waals surface area contributed by atoms with E-state index in [1.165, 1.54) is 10.6 Å². The molecule has 6 heteroatoms. The second-order valence-electron chi connectivity index (χ2n) is 8.82. The fraction of sp³-hybridized carbons (Fsp3) is 0.0312. The van der Waals surface area contributed by atoms with E-state index in [1.54, 1.807) is 18.3 Å². The van der Waals surface area contributed by atoms with Gasteiger partial charge >= 0.3 is 5.97 Å². The largest absolute Gasteiger partial charge is 0.402 e. The number of nitrogens with zero attached hydrogens (tertiary/aromatic N) is 3. The predicted molar refractivity (Wildman–Crippen MR) is 144 cm³/mol. The minimum Gasteiger partial charge on any atom is -0.402 e. The molecule has 0 amide bonds. The van der Waals surface area contributed by atoms with Gasteiger partial charge in [-0.3, -0.25) is 4.57 Å². The molecule has 0 saturated carbocycles. The maximum Gasteiger partial charge on any atom is 0.363 e. The summed E-state index contributed by atoms with van der Waals surface area (Å²) in [4.78, 5) is 21.1. The Morgan fingerprint density at radius 2 is 1.18 bits per heavy atom. The van der Waals surface area contributed by atoms with Gasteiger partial charge in [-0.15, -0.1) is 0 Å². The Bertz CT molecular complexity index is 1550. The lowest BCUT2D eigenvalue weighted by molar-refractivity contribution is -0.129. The number of halogens is 1. The minimum absolute atomic E-state index is 0.0539. The molecule has 0 aliphatic carbocycles. The Morgan fingerprint density at radius 1 is 0.711 bits per heavy atom. The smallest absolute Gasteiger partial charge is 0.363 e. The molecule has 2 heterocycles. The summed E-state index contributed by atoms with van der Waals surface area (Å²) >= 11 is 0. The molecule has 1 aliphatic heterocycles. The molecule has 5 nitrogen and oxygen atoms in total. The number of aliphatic imine (C=N–C) groups is 1. The highest BCUT2D eigenvalue weighted by Crippen LogP contribution is 2.41. The lowest BCUT2D eigenvalue weighted by Gasteiger charge is -2.37. The van der Waals surface area contributed by atoms with Crippen molar-refractivity contribution in [1.82, 2.24) is 9.55 Å². The van der Waals surface area contributed by atoms with Crippen LogP contribution in [-0.4, -0.2) is 21.4 Å². The third-order valence-corrected chi connectivity index (χ3v) is 6.54. The van der Waals surface area contributed by atoms with Crippen LogP contribution in [0.15, 0.2) is 138 Å². The number of carbonyl (C=O) groups excluding carboxylic acids is 1. The topological polar surface area (TPSA) is 56.5 Å². The molecular formula is C32H22FN3O2. The zero-order valence-corrected chi connectivity index (χ0v) is 20.2. The monoisotopic (exact) mass is 499 g/mol. The van der Waals surface area contributed by atoms with Gasteiger partial charge in [0.15, 0.2) is 5.70 Å². The number of benzene rings is 4. The van der Waals surface area contributed by atoms with Crippen LogP contribution in [0.25, 0.3) is 6.08 Å². The van der Waals surface area contributed by atoms with Crippen molar-refractivity contribution in [3.8, 4) is 0 Å². The third-order valence-electron chi connectivity index (χ3n) is 6.54. The van der Waals surface area contributed by atoms with E-state index < -0.39 is 17.6 Å². The van der Waals surface area contributed by atoms with Gasteiger partial charge in [-0.2, -0.15) is 4.39 Å². The zero-order valence-electron chi connectivity index (χ0n) is 20.2. The molecule has 0 unspecified atom stereocenters. The molecule has 0 fully saturated rings. The van der Waals surface area contributed by atoms with Gasteiger partial charge in [-0.05, 0) is 34.9 Å². The Labute approximate surface area is 219 Å². The van der Waals surface area contributed by atoms with Crippen molar-refractivity contribution in [2.75, 3.05) is 0 Å². The van der Waals surface area contributed by atoms with Crippen LogP contribution in [-0.2, 0) is 15.1 Å². The maximum atomic E-state index is 15.9. The highest BCUT2D eigenvalue weighted by Gasteiger charge is 2.40. The van der Waals surface area contributed by atoms with Crippen LogP contribution in [0.2, 0.25) is 0 Å². The molecule has 0 radical (unpaired) electrons. The molecule has 38 heavy (non-hydrogen) atoms. The molecule has 184 valence electrons. The molecule has 0 saturated heterocycles. The summed E-state index contributed by atoms with van der Waals surface area (Å²) in [5.74, 6) is -0.409. The first-order chi connectivity index (χ1) is 18.7. The minimum atomic E-state index is -1.06. The van der Waals surface area contributed by atoms with E-state index in [4.69, 9.17) is 4.74 Å². The van der Waals surface area contributed by atoms with E-state index in [0.29, 0.717) is 5.56 Å². The number of rotatable bonds is 6. The molecule has 0 spiro atoms. The van der Waals surface area contributed by atoms with Gasteiger partial charge in [0.1, 0.15) is 5.54 Å². The number of carbonyl (C=O) groups is 1. The number of imidazole rings is 1. The second-order valence-corrected chi connectivity index (χ2v) is 8.82. The van der Waals surface area contributed by atoms with Crippen LogP contribution in [0.1, 0.15) is 27.9 Å². The van der Waals surface area contributed by atoms with Crippen LogP contribution >= 0.6 is 0 Å². The van der Waals surface area contributed by atoms with Crippen molar-refractivity contribution in [3.63, 3.8) is 0 Å². The number of hydrogen-bond acceptors (Lipinski definition) is 4. The lowest BCUT2D eigenvalue weighted by atomic mass is 9.76. The molecule has 0 bridgehead atoms. The van der Waals surface area contributed by atoms with E-state index >= 15 is 4.39 Å². The van der Waals surface area contributed by atoms with E-state index in [2.05, 4.69) is 9.98 Å². The summed E-state index contributed by atoms with van der Waals surface area (Å²) in [6.07, 6.45) is 2.36. The Balaban J connectivity index is 1.54. The lowest BCUT2D eigenvalue weighted by Crippen LogP contribution is -2.38. The van der Waals surface area contributed by atoms with Crippen LogP contribution in [0.4, 0.5) is 4.39 Å². The average Bonchev–Trinajstić information content (AvgIpc) is 3.53. The van der Waals surface area contributed by atoms with Gasteiger partial charge in [0.25, 0.3) is 6.08 Å². The predicted octanol–water partition coefficient (Wildman–Crippen LogP) is 6.21. The van der Waals surface area contributed by atoms with E-state index in [-0.39, 0.29) is 17.3 Å². The first-order valence-electron chi connectivity index (χ1n) is 12.2. The fourth-order valence-electron chi connectivity index (χ4n) is 4.89. The van der Waals surface area contributed by atoms with Crippen molar-refractivity contribution >= 4 is 17.9 Å². The highest BCUT2D eigenvalue weighted by molar-refractivity contribution is 6.12. The van der Waals surface area contributed by atoms with Crippen LogP contribution in [0.3, 0.4) is 0 Å². The van der Waals surface area contributed by atoms with Gasteiger partial charge in [-0.1, -0.05) is 109 Å². The van der Waals surface area contributed by atoms with E-state index in [0.717, 1.165) is 16.7 Å². The van der Waals surface area contributed by atoms with Gasteiger partial charge in [-0.25, -0.2) is 14.8 Å². The Morgan fingerprint density at radius 3 is 1.68 bits per heavy atom. The summed E-state index contributed by atoms with van der Waals surface area (Å²) in [6, 6.07) is 38.4. The fourth-order valence-corrected chi connectivity index (χ4v) is 4.89. The SMILES string of the molecule is O=C1OC(c2ccccc2)=NC1=Cc1cn(C(c2ccccc2)(c2ccccc2)c2ccccc2)c(F)n1. The average molecular weight is 500 g/mol. The van der Waals surface area contributed by atoms with Crippen molar-refractivity contribution in [3.05, 3.63) is 167 Å². The first-order valence-corrected chi connectivity index (χ1v) is 12.2. The maximum absolute atomic E-state index is 15.9. The van der Waals surface area contributed by atoms with Crippen LogP contribution in [0, 0.1) is 6.08 Å². The molecule has 0 atom stereocenters. The molecule has 4 aromatic carbocycles. The number of hydrogen-bond donors (Lipinski definition) is 0. The van der Waals surface area contributed by atoms with Crippen molar-refractivity contribution in [2.45, 2.75) is 5.54 Å². The van der Waals surface area contributed by atoms with Crippen LogP contribution < -0.4 is 0 Å². The summed E-state index contributed by atoms with van der Waals surface area (Å²) in [5.41, 5.74) is 2.49. The van der Waals surface area contributed by atoms with E-state index in [1.807, 2.05) is 109 Å². The number of ether oxygens (including phenoxy) is 1. The van der Waals surface area contributed by atoms with Gasteiger partial charge < -0.3 is 4.74 Å². The summed E-state index contributed by atoms with van der Waals surface area (Å²) in [5, 5.41) is 0. The molecule has 5 aromatic rings. The highest BCUT2D eigenvalue weighted by atomic mass is 19.1. The Hall–Kier alpha value is -5.10. The summed E-state index contributed by atoms with van der Waals surface area (Å²) in [6.45, 7) is 0. The quantitative estimate of drug-likeness (QED) is 0.159. The van der Waals surface area contributed by atoms with Crippen molar-refractivity contribution in [1.29, 1.82) is 0 Å². The molecule has 1 aromatic heterocycles. The first kappa shape index (κ1) is 23.3. The second kappa shape index (κ2) is 9.75. The standard InChI is InChI=1S/C32H22FN3O2/c33-31-34-27(21-28-30(37)38-29(35-28)23-13-5-1-6-14-23)22-36(31)32(24-15-7-2-8-16-24,25-17-9-3-10-18-25)26-19-11-4-12-20-26/h1-22H. The third kappa shape index (κ3) is 4.02. The van der Waals surface area contributed by atoms with Gasteiger partial charge in [0.05, 0.1) is 5.69 Å². The molecule has 1 aliphatic rings. The van der Waals surface area contributed by atoms with Gasteiger partial charge in [0, 0.05) is 11.8 Å². The van der Waals surface area contributed by atoms with Gasteiger partial charge in [0.2, 0.25) is 5.90 Å². The van der Waals surface area contributed by atoms with Crippen molar-refractivity contribution < 1.29 is 13.9 Å². The summed E-state index contributed by atoms with van der Waals surface area (Å²) in [7, 11) is 0. The molecular weight excluding hydrogens is 477 g/mol. The Kier molecular flexibility index (Phi) is 5.98. The zero-order chi connectivity index (χ0) is 26.0. The number of aromatic nitrogens is 2. The van der Waals surface area contributed by atoms with E-state index in [9.17, 15) is 4.79 Å². The number of cyclic esters (lactones) is 1. The van der Waals surface area contributed by atoms with Crippen LogP contribution in [0.5, 0.6) is 0 Å².